The third kappa shape index (κ3) is 4.05. The summed E-state index contributed by atoms with van der Waals surface area (Å²) < 4.78 is 13.0. The summed E-state index contributed by atoms with van der Waals surface area (Å²) in [6, 6.07) is 11.0. The highest BCUT2D eigenvalue weighted by molar-refractivity contribution is 6.33. The van der Waals surface area contributed by atoms with Gasteiger partial charge in [-0.05, 0) is 41.5 Å². The maximum atomic E-state index is 13.0. The molecule has 0 unspecified atom stereocenters. The lowest BCUT2D eigenvalue weighted by Crippen LogP contribution is -2.07. The Kier molecular flexibility index (Phi) is 4.56. The van der Waals surface area contributed by atoms with Crippen LogP contribution in [0.3, 0.4) is 0 Å². The molecule has 2 aromatic rings. The summed E-state index contributed by atoms with van der Waals surface area (Å²) in [7, 11) is 0. The zero-order valence-electron chi connectivity index (χ0n) is 10.00. The summed E-state index contributed by atoms with van der Waals surface area (Å²) in [4.78, 5) is 11.9. The van der Waals surface area contributed by atoms with Crippen LogP contribution < -0.4 is 0 Å². The highest BCUT2D eigenvalue weighted by Crippen LogP contribution is 2.21. The molecule has 0 saturated carbocycles. The summed E-state index contributed by atoms with van der Waals surface area (Å²) in [5.41, 5.74) is 1.35. The van der Waals surface area contributed by atoms with Gasteiger partial charge >= 0.3 is 0 Å². The van der Waals surface area contributed by atoms with Gasteiger partial charge in [0.2, 0.25) is 0 Å². The van der Waals surface area contributed by atoms with Crippen LogP contribution in [-0.2, 0) is 17.6 Å². The minimum atomic E-state index is -0.342. The lowest BCUT2D eigenvalue weighted by atomic mass is 10.0. The first-order valence-corrected chi connectivity index (χ1v) is 6.50. The lowest BCUT2D eigenvalue weighted by Gasteiger charge is -2.05. The summed E-state index contributed by atoms with van der Waals surface area (Å²) >= 11 is 11.9. The SMILES string of the molecule is O=C(Cc1cccc(F)c1)Cc1cc(Cl)ccc1Cl. The van der Waals surface area contributed by atoms with Gasteiger partial charge in [-0.25, -0.2) is 4.39 Å². The van der Waals surface area contributed by atoms with Crippen molar-refractivity contribution in [1.82, 2.24) is 0 Å². The Labute approximate surface area is 121 Å². The van der Waals surface area contributed by atoms with Crippen molar-refractivity contribution < 1.29 is 9.18 Å². The van der Waals surface area contributed by atoms with E-state index < -0.39 is 0 Å². The van der Waals surface area contributed by atoms with Crippen molar-refractivity contribution in [2.45, 2.75) is 12.8 Å². The highest BCUT2D eigenvalue weighted by Gasteiger charge is 2.09. The topological polar surface area (TPSA) is 17.1 Å². The average molecular weight is 297 g/mol. The third-order valence-corrected chi connectivity index (χ3v) is 3.29. The van der Waals surface area contributed by atoms with Gasteiger partial charge in [0.05, 0.1) is 0 Å². The largest absolute Gasteiger partial charge is 0.299 e. The molecule has 0 amide bonds. The number of halogens is 3. The van der Waals surface area contributed by atoms with Crippen LogP contribution >= 0.6 is 23.2 Å². The molecule has 4 heteroatoms. The number of benzene rings is 2. The van der Waals surface area contributed by atoms with Crippen LogP contribution in [0.5, 0.6) is 0 Å². The fourth-order valence-corrected chi connectivity index (χ4v) is 2.21. The van der Waals surface area contributed by atoms with Gasteiger partial charge in [0.25, 0.3) is 0 Å². The number of carbonyl (C=O) groups excluding carboxylic acids is 1. The van der Waals surface area contributed by atoms with Crippen LogP contribution in [0.4, 0.5) is 4.39 Å². The van der Waals surface area contributed by atoms with Crippen molar-refractivity contribution >= 4 is 29.0 Å². The number of hydrogen-bond donors (Lipinski definition) is 0. The molecule has 0 spiro atoms. The van der Waals surface area contributed by atoms with Crippen LogP contribution in [0.25, 0.3) is 0 Å². The zero-order chi connectivity index (χ0) is 13.8. The monoisotopic (exact) mass is 296 g/mol. The maximum Gasteiger partial charge on any atom is 0.141 e. The molecule has 0 aliphatic heterocycles. The number of hydrogen-bond acceptors (Lipinski definition) is 1. The third-order valence-electron chi connectivity index (χ3n) is 2.69. The van der Waals surface area contributed by atoms with E-state index in [9.17, 15) is 9.18 Å². The van der Waals surface area contributed by atoms with Crippen LogP contribution in [0.2, 0.25) is 10.0 Å². The van der Waals surface area contributed by atoms with Crippen LogP contribution in [-0.4, -0.2) is 5.78 Å². The highest BCUT2D eigenvalue weighted by atomic mass is 35.5. The quantitative estimate of drug-likeness (QED) is 0.812. The van der Waals surface area contributed by atoms with Crippen LogP contribution in [0.15, 0.2) is 42.5 Å². The number of Topliss-reactive ketones (excluding diaryl/α,β-unsaturated/α-hetero) is 1. The van der Waals surface area contributed by atoms with Gasteiger partial charge in [0.15, 0.2) is 0 Å². The predicted octanol–water partition coefficient (Wildman–Crippen LogP) is 4.49. The summed E-state index contributed by atoms with van der Waals surface area (Å²) in [6.45, 7) is 0. The molecule has 0 atom stereocenters. The first kappa shape index (κ1) is 14.0. The number of rotatable bonds is 4. The standard InChI is InChI=1S/C15H11Cl2FO/c16-12-4-5-15(17)11(8-12)9-14(19)7-10-2-1-3-13(18)6-10/h1-6,8H,7,9H2. The van der Waals surface area contributed by atoms with E-state index >= 15 is 0 Å². The number of carbonyl (C=O) groups is 1. The molecule has 0 saturated heterocycles. The second-order valence-corrected chi connectivity index (χ2v) is 5.10. The Morgan fingerprint density at radius 3 is 2.58 bits per heavy atom. The molecule has 0 N–H and O–H groups in total. The molecule has 2 rings (SSSR count). The van der Waals surface area contributed by atoms with Gasteiger partial charge in [-0.1, -0.05) is 35.3 Å². The average Bonchev–Trinajstić information content (AvgIpc) is 2.34. The van der Waals surface area contributed by atoms with E-state index in [0.29, 0.717) is 21.2 Å². The molecule has 0 fully saturated rings. The molecular weight excluding hydrogens is 286 g/mol. The minimum absolute atomic E-state index is 0.0326. The summed E-state index contributed by atoms with van der Waals surface area (Å²) in [5, 5.41) is 1.05. The molecule has 19 heavy (non-hydrogen) atoms. The maximum absolute atomic E-state index is 13.0. The van der Waals surface area contributed by atoms with Crippen molar-refractivity contribution in [2.24, 2.45) is 0 Å². The molecule has 0 bridgehead atoms. The molecule has 98 valence electrons. The molecular formula is C15H11Cl2FO. The first-order valence-electron chi connectivity index (χ1n) is 5.74. The Hall–Kier alpha value is -1.38. The first-order chi connectivity index (χ1) is 9.04. The van der Waals surface area contributed by atoms with Crippen molar-refractivity contribution in [3.8, 4) is 0 Å². The van der Waals surface area contributed by atoms with E-state index in [1.54, 1.807) is 30.3 Å². The predicted molar refractivity (Wildman–Crippen MR) is 75.3 cm³/mol. The van der Waals surface area contributed by atoms with Gasteiger partial charge < -0.3 is 0 Å². The van der Waals surface area contributed by atoms with Gasteiger partial charge in [-0.15, -0.1) is 0 Å². The Morgan fingerprint density at radius 1 is 1.05 bits per heavy atom. The van der Waals surface area contributed by atoms with Gasteiger partial charge in [0.1, 0.15) is 11.6 Å². The summed E-state index contributed by atoms with van der Waals surface area (Å²) in [5.74, 6) is -0.374. The molecule has 0 aromatic heterocycles. The zero-order valence-corrected chi connectivity index (χ0v) is 11.5. The molecule has 2 aromatic carbocycles. The molecule has 0 aliphatic rings. The van der Waals surface area contributed by atoms with Gasteiger partial charge in [-0.3, -0.25) is 4.79 Å². The van der Waals surface area contributed by atoms with E-state index in [-0.39, 0.29) is 24.4 Å². The smallest absolute Gasteiger partial charge is 0.141 e. The Bertz CT molecular complexity index is 611. The fourth-order valence-electron chi connectivity index (χ4n) is 1.83. The van der Waals surface area contributed by atoms with Crippen molar-refractivity contribution in [1.29, 1.82) is 0 Å². The van der Waals surface area contributed by atoms with Crippen LogP contribution in [0, 0.1) is 5.82 Å². The van der Waals surface area contributed by atoms with Crippen molar-refractivity contribution in [3.05, 3.63) is 69.5 Å². The van der Waals surface area contributed by atoms with E-state index in [1.165, 1.54) is 12.1 Å². The Morgan fingerprint density at radius 2 is 1.84 bits per heavy atom. The second kappa shape index (κ2) is 6.18. The van der Waals surface area contributed by atoms with E-state index in [0.717, 1.165) is 0 Å². The van der Waals surface area contributed by atoms with E-state index in [1.807, 2.05) is 0 Å². The molecule has 0 heterocycles. The fraction of sp³-hybridized carbons (Fsp3) is 0.133. The number of ketones is 1. The van der Waals surface area contributed by atoms with Crippen molar-refractivity contribution in [2.75, 3.05) is 0 Å². The second-order valence-electron chi connectivity index (χ2n) is 4.26. The molecule has 1 nitrogen and oxygen atoms in total. The van der Waals surface area contributed by atoms with E-state index in [2.05, 4.69) is 0 Å². The van der Waals surface area contributed by atoms with E-state index in [4.69, 9.17) is 23.2 Å². The molecule has 0 aliphatic carbocycles. The molecule has 0 radical (unpaired) electrons. The minimum Gasteiger partial charge on any atom is -0.299 e. The normalized spacial score (nSPS) is 10.5. The lowest BCUT2D eigenvalue weighted by molar-refractivity contribution is -0.117. The van der Waals surface area contributed by atoms with Crippen molar-refractivity contribution in [3.63, 3.8) is 0 Å². The van der Waals surface area contributed by atoms with Gasteiger partial charge in [-0.2, -0.15) is 0 Å². The summed E-state index contributed by atoms with van der Waals surface area (Å²) in [6.07, 6.45) is 0.372. The van der Waals surface area contributed by atoms with Gasteiger partial charge in [0, 0.05) is 22.9 Å². The Balaban J connectivity index is 2.07. The van der Waals surface area contributed by atoms with Crippen LogP contribution in [0.1, 0.15) is 11.1 Å².